The van der Waals surface area contributed by atoms with Gasteiger partial charge in [0.15, 0.2) is 0 Å². The van der Waals surface area contributed by atoms with Gasteiger partial charge in [-0.1, -0.05) is 52.4 Å². The summed E-state index contributed by atoms with van der Waals surface area (Å²) < 4.78 is 0. The number of hydrogen-bond donors (Lipinski definition) is 1. The molecule has 0 aliphatic rings. The zero-order chi connectivity index (χ0) is 14.5. The predicted octanol–water partition coefficient (Wildman–Crippen LogP) is 4.74. The van der Waals surface area contributed by atoms with Crippen molar-refractivity contribution in [3.05, 3.63) is 30.1 Å². The van der Waals surface area contributed by atoms with Crippen LogP contribution in [0.25, 0.3) is 0 Å². The maximum atomic E-state index is 4.07. The quantitative estimate of drug-likeness (QED) is 0.558. The standard InChI is InChI=1S/C18H32N2/c1-3-5-7-9-18(10-8-6-4-2)20-16-13-17-11-14-19-15-12-17/h11-12,14-15,18,20H,3-10,13,16H2,1-2H3. The molecule has 0 spiro atoms. The molecule has 1 aromatic heterocycles. The van der Waals surface area contributed by atoms with Crippen LogP contribution in [0.15, 0.2) is 24.5 Å². The highest BCUT2D eigenvalue weighted by Crippen LogP contribution is 2.11. The third-order valence-electron chi connectivity index (χ3n) is 3.91. The minimum Gasteiger partial charge on any atom is -0.314 e. The number of unbranched alkanes of at least 4 members (excludes halogenated alkanes) is 4. The van der Waals surface area contributed by atoms with Gasteiger partial charge in [0.1, 0.15) is 0 Å². The highest BCUT2D eigenvalue weighted by atomic mass is 14.9. The smallest absolute Gasteiger partial charge is 0.0270 e. The molecule has 2 heteroatoms. The zero-order valence-electron chi connectivity index (χ0n) is 13.4. The molecule has 1 N–H and O–H groups in total. The van der Waals surface area contributed by atoms with Crippen LogP contribution < -0.4 is 5.32 Å². The first-order chi connectivity index (χ1) is 9.86. The van der Waals surface area contributed by atoms with Gasteiger partial charge < -0.3 is 5.32 Å². The van der Waals surface area contributed by atoms with Crippen LogP contribution in [0.3, 0.4) is 0 Å². The largest absolute Gasteiger partial charge is 0.314 e. The maximum Gasteiger partial charge on any atom is 0.0270 e. The summed E-state index contributed by atoms with van der Waals surface area (Å²) in [4.78, 5) is 4.07. The Labute approximate surface area is 125 Å². The molecule has 0 aromatic carbocycles. The van der Waals surface area contributed by atoms with Gasteiger partial charge in [0.25, 0.3) is 0 Å². The Morgan fingerprint density at radius 2 is 1.55 bits per heavy atom. The lowest BCUT2D eigenvalue weighted by Crippen LogP contribution is -2.31. The van der Waals surface area contributed by atoms with Crippen LogP contribution in [0.2, 0.25) is 0 Å². The first-order valence-corrected chi connectivity index (χ1v) is 8.49. The van der Waals surface area contributed by atoms with Crippen molar-refractivity contribution >= 4 is 0 Å². The summed E-state index contributed by atoms with van der Waals surface area (Å²) in [5.41, 5.74) is 1.38. The Kier molecular flexibility index (Phi) is 10.2. The zero-order valence-corrected chi connectivity index (χ0v) is 13.4. The molecule has 0 atom stereocenters. The molecule has 0 aliphatic carbocycles. The van der Waals surface area contributed by atoms with E-state index in [1.165, 1.54) is 56.9 Å². The third-order valence-corrected chi connectivity index (χ3v) is 3.91. The molecular weight excluding hydrogens is 244 g/mol. The summed E-state index contributed by atoms with van der Waals surface area (Å²) in [6, 6.07) is 4.95. The van der Waals surface area contributed by atoms with Crippen molar-refractivity contribution in [2.45, 2.75) is 77.7 Å². The fraction of sp³-hybridized carbons (Fsp3) is 0.722. The van der Waals surface area contributed by atoms with E-state index in [-0.39, 0.29) is 0 Å². The van der Waals surface area contributed by atoms with E-state index in [0.29, 0.717) is 0 Å². The molecule has 114 valence electrons. The molecule has 0 saturated carbocycles. The fourth-order valence-corrected chi connectivity index (χ4v) is 2.60. The molecule has 0 saturated heterocycles. The Bertz CT molecular complexity index is 300. The first-order valence-electron chi connectivity index (χ1n) is 8.49. The van der Waals surface area contributed by atoms with E-state index >= 15 is 0 Å². The van der Waals surface area contributed by atoms with E-state index in [2.05, 4.69) is 36.3 Å². The summed E-state index contributed by atoms with van der Waals surface area (Å²) >= 11 is 0. The lowest BCUT2D eigenvalue weighted by Gasteiger charge is -2.18. The third kappa shape index (κ3) is 8.31. The van der Waals surface area contributed by atoms with Gasteiger partial charge in [-0.15, -0.1) is 0 Å². The molecule has 1 aromatic rings. The van der Waals surface area contributed by atoms with Crippen molar-refractivity contribution in [1.29, 1.82) is 0 Å². The summed E-state index contributed by atoms with van der Waals surface area (Å²) in [6.45, 7) is 5.65. The number of pyridine rings is 1. The molecule has 0 amide bonds. The minimum absolute atomic E-state index is 0.718. The van der Waals surface area contributed by atoms with Gasteiger partial charge in [-0.05, 0) is 43.5 Å². The van der Waals surface area contributed by atoms with Gasteiger partial charge >= 0.3 is 0 Å². The summed E-state index contributed by atoms with van der Waals surface area (Å²) in [7, 11) is 0. The van der Waals surface area contributed by atoms with Crippen LogP contribution in [0.5, 0.6) is 0 Å². The molecule has 2 nitrogen and oxygen atoms in total. The summed E-state index contributed by atoms with van der Waals surface area (Å²) in [6.07, 6.45) is 15.7. The second kappa shape index (κ2) is 11.9. The van der Waals surface area contributed by atoms with Crippen molar-refractivity contribution < 1.29 is 0 Å². The van der Waals surface area contributed by atoms with Gasteiger partial charge in [0.2, 0.25) is 0 Å². The molecule has 0 unspecified atom stereocenters. The second-order valence-electron chi connectivity index (χ2n) is 5.75. The van der Waals surface area contributed by atoms with Crippen molar-refractivity contribution in [3.8, 4) is 0 Å². The molecule has 0 fully saturated rings. The van der Waals surface area contributed by atoms with Crippen molar-refractivity contribution in [2.75, 3.05) is 6.54 Å². The summed E-state index contributed by atoms with van der Waals surface area (Å²) in [5, 5.41) is 3.77. The molecule has 1 heterocycles. The minimum atomic E-state index is 0.718. The van der Waals surface area contributed by atoms with E-state index in [0.717, 1.165) is 19.0 Å². The molecule has 0 bridgehead atoms. The van der Waals surface area contributed by atoms with Crippen LogP contribution in [0.1, 0.15) is 70.8 Å². The molecule has 20 heavy (non-hydrogen) atoms. The second-order valence-corrected chi connectivity index (χ2v) is 5.75. The van der Waals surface area contributed by atoms with Gasteiger partial charge in [0.05, 0.1) is 0 Å². The first kappa shape index (κ1) is 17.2. The van der Waals surface area contributed by atoms with Gasteiger partial charge in [-0.3, -0.25) is 4.98 Å². The van der Waals surface area contributed by atoms with Crippen LogP contribution in [-0.4, -0.2) is 17.6 Å². The lowest BCUT2D eigenvalue weighted by atomic mass is 10.0. The summed E-state index contributed by atoms with van der Waals surface area (Å²) in [5.74, 6) is 0. The molecule has 0 radical (unpaired) electrons. The van der Waals surface area contributed by atoms with Gasteiger partial charge in [-0.25, -0.2) is 0 Å². The van der Waals surface area contributed by atoms with E-state index in [1.54, 1.807) is 0 Å². The fourth-order valence-electron chi connectivity index (χ4n) is 2.60. The molecular formula is C18H32N2. The number of aromatic nitrogens is 1. The molecule has 1 rings (SSSR count). The van der Waals surface area contributed by atoms with E-state index < -0.39 is 0 Å². The van der Waals surface area contributed by atoms with Crippen LogP contribution in [-0.2, 0) is 6.42 Å². The topological polar surface area (TPSA) is 24.9 Å². The average molecular weight is 276 g/mol. The maximum absolute atomic E-state index is 4.07. The predicted molar refractivity (Wildman–Crippen MR) is 88.0 cm³/mol. The van der Waals surface area contributed by atoms with Crippen LogP contribution in [0, 0.1) is 0 Å². The Balaban J connectivity index is 2.23. The SMILES string of the molecule is CCCCCC(CCCCC)NCCc1ccncc1. The number of rotatable bonds is 12. The van der Waals surface area contributed by atoms with Crippen LogP contribution in [0.4, 0.5) is 0 Å². The Hall–Kier alpha value is -0.890. The number of hydrogen-bond acceptors (Lipinski definition) is 2. The number of nitrogens with one attached hydrogen (secondary N) is 1. The van der Waals surface area contributed by atoms with Crippen molar-refractivity contribution in [2.24, 2.45) is 0 Å². The van der Waals surface area contributed by atoms with E-state index in [9.17, 15) is 0 Å². The monoisotopic (exact) mass is 276 g/mol. The Morgan fingerprint density at radius 3 is 2.10 bits per heavy atom. The Morgan fingerprint density at radius 1 is 0.950 bits per heavy atom. The average Bonchev–Trinajstić information content (AvgIpc) is 2.48. The lowest BCUT2D eigenvalue weighted by molar-refractivity contribution is 0.421. The van der Waals surface area contributed by atoms with Gasteiger partial charge in [-0.2, -0.15) is 0 Å². The van der Waals surface area contributed by atoms with Gasteiger partial charge in [0, 0.05) is 18.4 Å². The number of nitrogens with zero attached hydrogens (tertiary/aromatic N) is 1. The van der Waals surface area contributed by atoms with Crippen molar-refractivity contribution in [3.63, 3.8) is 0 Å². The highest BCUT2D eigenvalue weighted by Gasteiger charge is 2.07. The van der Waals surface area contributed by atoms with E-state index in [1.807, 2.05) is 12.4 Å². The molecule has 0 aliphatic heterocycles. The normalized spacial score (nSPS) is 11.2. The van der Waals surface area contributed by atoms with Crippen LogP contribution >= 0.6 is 0 Å². The highest BCUT2D eigenvalue weighted by molar-refractivity contribution is 5.09. The van der Waals surface area contributed by atoms with E-state index in [4.69, 9.17) is 0 Å². The van der Waals surface area contributed by atoms with Crippen molar-refractivity contribution in [1.82, 2.24) is 10.3 Å².